The number of aromatic amines is 1. The first-order valence-electron chi connectivity index (χ1n) is 11.1. The highest BCUT2D eigenvalue weighted by molar-refractivity contribution is 6.07. The van der Waals surface area contributed by atoms with E-state index in [0.717, 1.165) is 48.8 Å². The van der Waals surface area contributed by atoms with Crippen molar-refractivity contribution in [1.29, 1.82) is 0 Å². The van der Waals surface area contributed by atoms with E-state index in [1.54, 1.807) is 0 Å². The lowest BCUT2D eigenvalue weighted by atomic mass is 10.1. The molecule has 2 aliphatic heterocycles. The number of hydrogen-bond acceptors (Lipinski definition) is 4. The van der Waals surface area contributed by atoms with Crippen LogP contribution in [0.15, 0.2) is 36.4 Å². The van der Waals surface area contributed by atoms with Gasteiger partial charge in [-0.3, -0.25) is 9.80 Å². The van der Waals surface area contributed by atoms with Gasteiger partial charge in [0.15, 0.2) is 0 Å². The van der Waals surface area contributed by atoms with Crippen molar-refractivity contribution in [2.24, 2.45) is 0 Å². The second-order valence-electron chi connectivity index (χ2n) is 8.33. The van der Waals surface area contributed by atoms with Gasteiger partial charge in [-0.25, -0.2) is 0 Å². The van der Waals surface area contributed by atoms with Crippen molar-refractivity contribution >= 4 is 46.6 Å². The predicted molar refractivity (Wildman–Crippen MR) is 133 cm³/mol. The standard InChI is InChI=1S/C24H31N3O2.2ClH/c1-2-10-26(9-1)13-15-28-19-5-7-21-22-8-6-20(18-24(22)25-23(21)17-19)29-16-14-27-11-3-4-12-27;;/h5-8,17-18,25H,1-4,9-16H2;2*1H. The Balaban J connectivity index is 0.00000136. The van der Waals surface area contributed by atoms with Crippen molar-refractivity contribution in [3.63, 3.8) is 0 Å². The van der Waals surface area contributed by atoms with Crippen molar-refractivity contribution in [1.82, 2.24) is 14.8 Å². The maximum absolute atomic E-state index is 6.01. The molecule has 0 spiro atoms. The zero-order valence-electron chi connectivity index (χ0n) is 18.0. The Bertz CT molecular complexity index is 890. The number of aromatic nitrogens is 1. The van der Waals surface area contributed by atoms with E-state index in [1.165, 1.54) is 62.6 Å². The summed E-state index contributed by atoms with van der Waals surface area (Å²) in [5, 5.41) is 2.46. The Hall–Kier alpha value is -1.66. The molecule has 2 fully saturated rings. The second-order valence-corrected chi connectivity index (χ2v) is 8.33. The van der Waals surface area contributed by atoms with E-state index < -0.39 is 0 Å². The smallest absolute Gasteiger partial charge is 0.121 e. The molecule has 170 valence electrons. The van der Waals surface area contributed by atoms with Crippen LogP contribution in [0, 0.1) is 0 Å². The van der Waals surface area contributed by atoms with E-state index in [0.29, 0.717) is 0 Å². The third-order valence-electron chi connectivity index (χ3n) is 6.29. The van der Waals surface area contributed by atoms with Crippen LogP contribution in [0.5, 0.6) is 11.5 Å². The first-order valence-corrected chi connectivity index (χ1v) is 11.1. The number of rotatable bonds is 8. The lowest BCUT2D eigenvalue weighted by molar-refractivity contribution is 0.238. The zero-order chi connectivity index (χ0) is 19.5. The van der Waals surface area contributed by atoms with Crippen LogP contribution < -0.4 is 9.47 Å². The van der Waals surface area contributed by atoms with Gasteiger partial charge >= 0.3 is 0 Å². The molecule has 2 saturated heterocycles. The highest BCUT2D eigenvalue weighted by atomic mass is 35.5. The molecule has 0 saturated carbocycles. The summed E-state index contributed by atoms with van der Waals surface area (Å²) < 4.78 is 12.0. The average molecular weight is 466 g/mol. The lowest BCUT2D eigenvalue weighted by Gasteiger charge is -2.14. The third kappa shape index (κ3) is 5.78. The van der Waals surface area contributed by atoms with E-state index in [2.05, 4.69) is 51.2 Å². The highest BCUT2D eigenvalue weighted by Gasteiger charge is 2.12. The molecule has 2 aliphatic rings. The summed E-state index contributed by atoms with van der Waals surface area (Å²) in [6.45, 7) is 8.40. The van der Waals surface area contributed by atoms with Crippen LogP contribution in [0.3, 0.4) is 0 Å². The van der Waals surface area contributed by atoms with E-state index >= 15 is 0 Å². The maximum atomic E-state index is 6.01. The Morgan fingerprint density at radius 2 is 1.06 bits per heavy atom. The SMILES string of the molecule is Cl.Cl.c1cc2c(cc1OCCN1CCCC1)[nH]c1cc(OCCN3CCCC3)ccc12. The van der Waals surface area contributed by atoms with Gasteiger partial charge in [-0.2, -0.15) is 0 Å². The highest BCUT2D eigenvalue weighted by Crippen LogP contribution is 2.30. The van der Waals surface area contributed by atoms with Crippen molar-refractivity contribution in [3.05, 3.63) is 36.4 Å². The second kappa shape index (κ2) is 11.3. The fraction of sp³-hybridized carbons (Fsp3) is 0.500. The molecular formula is C24H33Cl2N3O2. The molecule has 5 nitrogen and oxygen atoms in total. The summed E-state index contributed by atoms with van der Waals surface area (Å²) >= 11 is 0. The number of nitrogens with one attached hydrogen (secondary N) is 1. The molecule has 0 atom stereocenters. The normalized spacial score (nSPS) is 17.0. The van der Waals surface area contributed by atoms with E-state index in [4.69, 9.17) is 9.47 Å². The molecule has 3 heterocycles. The van der Waals surface area contributed by atoms with Gasteiger partial charge in [-0.1, -0.05) is 0 Å². The molecule has 2 aromatic carbocycles. The Kier molecular flexibility index (Phi) is 8.73. The molecular weight excluding hydrogens is 433 g/mol. The Morgan fingerprint density at radius 3 is 1.48 bits per heavy atom. The summed E-state index contributed by atoms with van der Waals surface area (Å²) in [7, 11) is 0. The first-order chi connectivity index (χ1) is 14.3. The number of halogens is 2. The number of benzene rings is 2. The van der Waals surface area contributed by atoms with Gasteiger partial charge in [-0.15, -0.1) is 24.8 Å². The number of H-pyrrole nitrogens is 1. The summed E-state index contributed by atoms with van der Waals surface area (Å²) in [4.78, 5) is 8.50. The lowest BCUT2D eigenvalue weighted by Crippen LogP contribution is -2.25. The minimum absolute atomic E-state index is 0. The molecule has 0 amide bonds. The average Bonchev–Trinajstić information content (AvgIpc) is 3.48. The number of fused-ring (bicyclic) bond motifs is 3. The quantitative estimate of drug-likeness (QED) is 0.501. The van der Waals surface area contributed by atoms with Gasteiger partial charge in [0, 0.05) is 36.0 Å². The first kappa shape index (κ1) is 24.0. The van der Waals surface area contributed by atoms with Gasteiger partial charge in [0.05, 0.1) is 11.0 Å². The number of hydrogen-bond donors (Lipinski definition) is 1. The van der Waals surface area contributed by atoms with Crippen LogP contribution in [-0.2, 0) is 0 Å². The van der Waals surface area contributed by atoms with Crippen molar-refractivity contribution in [2.75, 3.05) is 52.5 Å². The monoisotopic (exact) mass is 465 g/mol. The molecule has 0 aliphatic carbocycles. The summed E-state index contributed by atoms with van der Waals surface area (Å²) in [6.07, 6.45) is 5.30. The van der Waals surface area contributed by atoms with Crippen LogP contribution in [0.2, 0.25) is 0 Å². The minimum atomic E-state index is 0. The largest absolute Gasteiger partial charge is 0.492 e. The minimum Gasteiger partial charge on any atom is -0.492 e. The maximum Gasteiger partial charge on any atom is 0.121 e. The van der Waals surface area contributed by atoms with Crippen molar-refractivity contribution in [3.8, 4) is 11.5 Å². The zero-order valence-corrected chi connectivity index (χ0v) is 19.6. The van der Waals surface area contributed by atoms with E-state index in [9.17, 15) is 0 Å². The molecule has 7 heteroatoms. The van der Waals surface area contributed by atoms with Crippen LogP contribution in [-0.4, -0.2) is 67.3 Å². The summed E-state index contributed by atoms with van der Waals surface area (Å²) in [6, 6.07) is 12.7. The molecule has 5 rings (SSSR count). The van der Waals surface area contributed by atoms with Gasteiger partial charge in [0.25, 0.3) is 0 Å². The number of likely N-dealkylation sites (tertiary alicyclic amines) is 2. The Labute approximate surface area is 196 Å². The van der Waals surface area contributed by atoms with Crippen LogP contribution in [0.25, 0.3) is 21.8 Å². The third-order valence-corrected chi connectivity index (χ3v) is 6.29. The summed E-state index contributed by atoms with van der Waals surface area (Å²) in [5.41, 5.74) is 2.24. The van der Waals surface area contributed by atoms with E-state index in [1.807, 2.05) is 0 Å². The van der Waals surface area contributed by atoms with Crippen molar-refractivity contribution in [2.45, 2.75) is 25.7 Å². The fourth-order valence-electron chi connectivity index (χ4n) is 4.65. The molecule has 1 N–H and O–H groups in total. The number of nitrogens with zero attached hydrogens (tertiary/aromatic N) is 2. The van der Waals surface area contributed by atoms with Crippen LogP contribution >= 0.6 is 24.8 Å². The predicted octanol–water partition coefficient (Wildman–Crippen LogP) is 5.11. The molecule has 1 aromatic heterocycles. The van der Waals surface area contributed by atoms with Gasteiger partial charge in [-0.05, 0) is 76.1 Å². The molecule has 31 heavy (non-hydrogen) atoms. The number of ether oxygens (including phenoxy) is 2. The van der Waals surface area contributed by atoms with Gasteiger partial charge < -0.3 is 14.5 Å². The van der Waals surface area contributed by atoms with Gasteiger partial charge in [0.2, 0.25) is 0 Å². The van der Waals surface area contributed by atoms with Crippen molar-refractivity contribution < 1.29 is 9.47 Å². The molecule has 0 bridgehead atoms. The fourth-order valence-corrected chi connectivity index (χ4v) is 4.65. The molecule has 0 unspecified atom stereocenters. The molecule has 3 aromatic rings. The topological polar surface area (TPSA) is 40.7 Å². The van der Waals surface area contributed by atoms with Crippen LogP contribution in [0.4, 0.5) is 0 Å². The van der Waals surface area contributed by atoms with Gasteiger partial charge in [0.1, 0.15) is 24.7 Å². The molecule has 0 radical (unpaired) electrons. The Morgan fingerprint density at radius 1 is 0.645 bits per heavy atom. The van der Waals surface area contributed by atoms with Crippen LogP contribution in [0.1, 0.15) is 25.7 Å². The summed E-state index contributed by atoms with van der Waals surface area (Å²) in [5.74, 6) is 1.87. The van der Waals surface area contributed by atoms with E-state index in [-0.39, 0.29) is 24.8 Å².